The molecule has 7 nitrogen and oxygen atoms in total. The minimum absolute atomic E-state index is 0.0277. The van der Waals surface area contributed by atoms with Crippen LogP contribution in [-0.4, -0.2) is 45.9 Å². The predicted octanol–water partition coefficient (Wildman–Crippen LogP) is 5.09. The molecule has 4 aromatic rings. The number of nitrogens with one attached hydrogen (secondary N) is 1. The highest BCUT2D eigenvalue weighted by Crippen LogP contribution is 2.42. The van der Waals surface area contributed by atoms with E-state index in [0.29, 0.717) is 11.7 Å². The topological polar surface area (TPSA) is 58.7 Å². The first kappa shape index (κ1) is 23.8. The Bertz CT molecular complexity index is 1360. The molecule has 0 amide bonds. The van der Waals surface area contributed by atoms with Gasteiger partial charge in [-0.15, -0.1) is 0 Å². The monoisotopic (exact) mass is 513 g/mol. The fraction of sp³-hybridized carbons (Fsp3) is 0.310. The van der Waals surface area contributed by atoms with Crippen LogP contribution in [0.4, 0.5) is 5.69 Å². The van der Waals surface area contributed by atoms with Crippen LogP contribution in [0, 0.1) is 13.8 Å². The number of furan rings is 1. The van der Waals surface area contributed by atoms with Crippen LogP contribution in [0.1, 0.15) is 40.5 Å². The van der Waals surface area contributed by atoms with Crippen LogP contribution in [0.2, 0.25) is 0 Å². The van der Waals surface area contributed by atoms with Crippen molar-refractivity contribution in [2.45, 2.75) is 32.5 Å². The molecule has 2 saturated heterocycles. The molecule has 2 atom stereocenters. The predicted molar refractivity (Wildman–Crippen MR) is 148 cm³/mol. The number of rotatable bonds is 6. The molecule has 1 aromatic carbocycles. The van der Waals surface area contributed by atoms with Gasteiger partial charge in [0.15, 0.2) is 5.11 Å². The SMILES string of the molecule is Cc1cc([C@H]2[C@H](c3ccccn3)NC(=S)N2Cc2ccco2)c(C)n1-c1ccc(N2CCOCC2)cc1. The lowest BCUT2D eigenvalue weighted by Crippen LogP contribution is -2.36. The second-order valence-electron chi connectivity index (χ2n) is 9.61. The summed E-state index contributed by atoms with van der Waals surface area (Å²) in [5, 5.41) is 4.25. The maximum absolute atomic E-state index is 5.85. The van der Waals surface area contributed by atoms with Gasteiger partial charge in [0.05, 0.1) is 43.8 Å². The third-order valence-corrected chi connectivity index (χ3v) is 7.73. The van der Waals surface area contributed by atoms with E-state index in [9.17, 15) is 0 Å². The van der Waals surface area contributed by atoms with Gasteiger partial charge >= 0.3 is 0 Å². The summed E-state index contributed by atoms with van der Waals surface area (Å²) in [6.45, 7) is 8.37. The summed E-state index contributed by atoms with van der Waals surface area (Å²) < 4.78 is 13.5. The Morgan fingerprint density at radius 2 is 1.78 bits per heavy atom. The number of anilines is 1. The Morgan fingerprint density at radius 1 is 1.00 bits per heavy atom. The lowest BCUT2D eigenvalue weighted by Gasteiger charge is -2.29. The molecule has 0 radical (unpaired) electrons. The summed E-state index contributed by atoms with van der Waals surface area (Å²) in [6, 6.07) is 21.0. The Labute approximate surface area is 222 Å². The highest BCUT2D eigenvalue weighted by atomic mass is 32.1. The van der Waals surface area contributed by atoms with Crippen LogP contribution in [0.25, 0.3) is 5.69 Å². The minimum atomic E-state index is -0.0682. The molecule has 6 rings (SSSR count). The van der Waals surface area contributed by atoms with Crippen LogP contribution >= 0.6 is 12.2 Å². The van der Waals surface area contributed by atoms with E-state index in [1.54, 1.807) is 6.26 Å². The number of hydrogen-bond acceptors (Lipinski definition) is 5. The van der Waals surface area contributed by atoms with E-state index in [0.717, 1.165) is 43.4 Å². The molecule has 0 saturated carbocycles. The summed E-state index contributed by atoms with van der Waals surface area (Å²) >= 11 is 5.85. The second-order valence-corrected chi connectivity index (χ2v) is 10.00. The summed E-state index contributed by atoms with van der Waals surface area (Å²) in [4.78, 5) is 9.28. The number of aromatic nitrogens is 2. The smallest absolute Gasteiger partial charge is 0.170 e. The highest BCUT2D eigenvalue weighted by Gasteiger charge is 2.41. The van der Waals surface area contributed by atoms with E-state index in [1.165, 1.54) is 22.6 Å². The Balaban J connectivity index is 1.37. The van der Waals surface area contributed by atoms with E-state index in [-0.39, 0.29) is 12.1 Å². The second kappa shape index (κ2) is 10.0. The van der Waals surface area contributed by atoms with Gasteiger partial charge in [0.25, 0.3) is 0 Å². The van der Waals surface area contributed by atoms with Crippen molar-refractivity contribution in [3.05, 3.63) is 102 Å². The zero-order valence-corrected chi connectivity index (χ0v) is 21.9. The summed E-state index contributed by atoms with van der Waals surface area (Å²) in [5.74, 6) is 0.878. The number of thiocarbonyl (C=S) groups is 1. The van der Waals surface area contributed by atoms with Crippen LogP contribution in [0.5, 0.6) is 0 Å². The van der Waals surface area contributed by atoms with Crippen molar-refractivity contribution >= 4 is 23.0 Å². The molecule has 2 aliphatic heterocycles. The van der Waals surface area contributed by atoms with E-state index in [4.69, 9.17) is 21.4 Å². The van der Waals surface area contributed by atoms with Gasteiger partial charge in [-0.05, 0) is 86.2 Å². The molecule has 0 spiro atoms. The number of benzene rings is 1. The van der Waals surface area contributed by atoms with Crippen molar-refractivity contribution in [1.29, 1.82) is 0 Å². The van der Waals surface area contributed by atoms with Gasteiger partial charge in [-0.1, -0.05) is 6.07 Å². The molecule has 190 valence electrons. The lowest BCUT2D eigenvalue weighted by molar-refractivity contribution is 0.122. The Kier molecular flexibility index (Phi) is 6.44. The molecule has 2 aliphatic rings. The van der Waals surface area contributed by atoms with Crippen molar-refractivity contribution in [3.8, 4) is 5.69 Å². The van der Waals surface area contributed by atoms with Crippen molar-refractivity contribution < 1.29 is 9.15 Å². The van der Waals surface area contributed by atoms with Crippen LogP contribution < -0.4 is 10.2 Å². The average Bonchev–Trinajstić information content (AvgIpc) is 3.64. The molecule has 8 heteroatoms. The quantitative estimate of drug-likeness (QED) is 0.360. The lowest BCUT2D eigenvalue weighted by atomic mass is 9.96. The first-order chi connectivity index (χ1) is 18.1. The molecule has 37 heavy (non-hydrogen) atoms. The molecule has 0 unspecified atom stereocenters. The number of aryl methyl sites for hydroxylation is 1. The van der Waals surface area contributed by atoms with Gasteiger partial charge in [-0.25, -0.2) is 0 Å². The van der Waals surface area contributed by atoms with Gasteiger partial charge in [-0.2, -0.15) is 0 Å². The van der Waals surface area contributed by atoms with Gasteiger partial charge in [-0.3, -0.25) is 4.98 Å². The molecule has 0 bridgehead atoms. The van der Waals surface area contributed by atoms with Crippen LogP contribution in [0.15, 0.2) is 77.5 Å². The maximum atomic E-state index is 5.85. The van der Waals surface area contributed by atoms with E-state index in [1.807, 2.05) is 30.5 Å². The van der Waals surface area contributed by atoms with E-state index < -0.39 is 0 Å². The molecular weight excluding hydrogens is 482 g/mol. The van der Waals surface area contributed by atoms with Crippen LogP contribution in [0.3, 0.4) is 0 Å². The molecule has 5 heterocycles. The Hall–Kier alpha value is -3.62. The highest BCUT2D eigenvalue weighted by molar-refractivity contribution is 7.80. The first-order valence-corrected chi connectivity index (χ1v) is 13.1. The van der Waals surface area contributed by atoms with Crippen molar-refractivity contribution in [2.75, 3.05) is 31.2 Å². The third-order valence-electron chi connectivity index (χ3n) is 7.38. The molecule has 0 aliphatic carbocycles. The van der Waals surface area contributed by atoms with Gasteiger partial charge < -0.3 is 28.8 Å². The molecule has 2 fully saturated rings. The number of pyridine rings is 1. The molecular formula is C29H31N5O2S. The normalized spacial score (nSPS) is 19.9. The first-order valence-electron chi connectivity index (χ1n) is 12.7. The molecule has 1 N–H and O–H groups in total. The summed E-state index contributed by atoms with van der Waals surface area (Å²) in [6.07, 6.45) is 3.55. The number of ether oxygens (including phenoxy) is 1. The third kappa shape index (κ3) is 4.51. The Morgan fingerprint density at radius 3 is 2.49 bits per heavy atom. The zero-order valence-electron chi connectivity index (χ0n) is 21.1. The average molecular weight is 514 g/mol. The van der Waals surface area contributed by atoms with Crippen molar-refractivity contribution in [3.63, 3.8) is 0 Å². The number of hydrogen-bond donors (Lipinski definition) is 1. The standard InChI is InChI=1S/C29H31N5O2S/c1-20-18-25(21(2)34(20)23-10-8-22(9-11-23)32-13-16-35-17-14-32)28-27(26-7-3-4-12-30-26)31-29(37)33(28)19-24-6-5-15-36-24/h3-12,15,18,27-28H,13-14,16-17,19H2,1-2H3,(H,31,37)/t27-,28-/m0/s1. The summed E-state index contributed by atoms with van der Waals surface area (Å²) in [5.41, 5.74) is 6.96. The zero-order chi connectivity index (χ0) is 25.4. The van der Waals surface area contributed by atoms with E-state index >= 15 is 0 Å². The largest absolute Gasteiger partial charge is 0.467 e. The maximum Gasteiger partial charge on any atom is 0.170 e. The summed E-state index contributed by atoms with van der Waals surface area (Å²) in [7, 11) is 0. The number of nitrogens with zero attached hydrogens (tertiary/aromatic N) is 4. The molecule has 3 aromatic heterocycles. The van der Waals surface area contributed by atoms with E-state index in [2.05, 4.69) is 74.9 Å². The van der Waals surface area contributed by atoms with Gasteiger partial charge in [0.2, 0.25) is 0 Å². The van der Waals surface area contributed by atoms with Gasteiger partial charge in [0.1, 0.15) is 5.76 Å². The fourth-order valence-electron chi connectivity index (χ4n) is 5.60. The van der Waals surface area contributed by atoms with Crippen LogP contribution in [-0.2, 0) is 11.3 Å². The van der Waals surface area contributed by atoms with Crippen molar-refractivity contribution in [2.24, 2.45) is 0 Å². The fourth-order valence-corrected chi connectivity index (χ4v) is 5.91. The number of morpholine rings is 1. The minimum Gasteiger partial charge on any atom is -0.467 e. The van der Waals surface area contributed by atoms with Gasteiger partial charge in [0, 0.05) is 42.0 Å². The van der Waals surface area contributed by atoms with Crippen molar-refractivity contribution in [1.82, 2.24) is 19.8 Å².